The number of rotatable bonds is 7. The van der Waals surface area contributed by atoms with Crippen molar-refractivity contribution in [2.75, 3.05) is 17.2 Å². The standard InChI is InChI=1S/C32H28F2N8O2/c1-32(2,16-35)20-8-5-7-19(15-20)31(43)40-23-12-11-22(33)27(25(23)34)41-29-21(9-6-13-36-29)26-28-30(38-17-37-26)42(18-39-28)24-10-3-4-14-44-24/h5-9,11-13,15,17-18,24H,3-4,10,14H2,1-2H3,(H,36,41)(H,40,43). The molecule has 1 aliphatic heterocycles. The summed E-state index contributed by atoms with van der Waals surface area (Å²) in [7, 11) is 0. The second kappa shape index (κ2) is 11.8. The van der Waals surface area contributed by atoms with Gasteiger partial charge in [0.25, 0.3) is 5.91 Å². The highest BCUT2D eigenvalue weighted by Gasteiger charge is 2.24. The van der Waals surface area contributed by atoms with Crippen LogP contribution in [-0.2, 0) is 10.2 Å². The first-order chi connectivity index (χ1) is 21.3. The minimum Gasteiger partial charge on any atom is -0.358 e. The molecule has 0 aliphatic carbocycles. The summed E-state index contributed by atoms with van der Waals surface area (Å²) in [5.74, 6) is -2.39. The van der Waals surface area contributed by atoms with Crippen molar-refractivity contribution in [1.82, 2.24) is 24.5 Å². The fourth-order valence-electron chi connectivity index (χ4n) is 5.09. The van der Waals surface area contributed by atoms with Crippen LogP contribution < -0.4 is 10.6 Å². The number of fused-ring (bicyclic) bond motifs is 1. The number of imidazole rings is 1. The first-order valence-electron chi connectivity index (χ1n) is 14.1. The molecule has 0 bridgehead atoms. The number of aromatic nitrogens is 5. The Labute approximate surface area is 251 Å². The Kier molecular flexibility index (Phi) is 7.71. The number of carbonyl (C=O) groups is 1. The second-order valence-electron chi connectivity index (χ2n) is 10.9. The molecular weight excluding hydrogens is 566 g/mol. The number of ether oxygens (including phenoxy) is 1. The molecule has 0 saturated carbocycles. The van der Waals surface area contributed by atoms with E-state index >= 15 is 8.78 Å². The van der Waals surface area contributed by atoms with Crippen LogP contribution in [0.2, 0.25) is 0 Å². The maximum Gasteiger partial charge on any atom is 0.255 e. The summed E-state index contributed by atoms with van der Waals surface area (Å²) >= 11 is 0. The second-order valence-corrected chi connectivity index (χ2v) is 10.9. The fraction of sp³-hybridized carbons (Fsp3) is 0.250. The Hall–Kier alpha value is -5.28. The summed E-state index contributed by atoms with van der Waals surface area (Å²) in [6.07, 6.45) is 7.21. The first-order valence-corrected chi connectivity index (χ1v) is 14.1. The van der Waals surface area contributed by atoms with Crippen molar-refractivity contribution in [3.8, 4) is 17.3 Å². The van der Waals surface area contributed by atoms with Crippen LogP contribution in [0.4, 0.5) is 26.0 Å². The third-order valence-corrected chi connectivity index (χ3v) is 7.60. The van der Waals surface area contributed by atoms with Gasteiger partial charge in [-0.1, -0.05) is 12.1 Å². The van der Waals surface area contributed by atoms with E-state index < -0.39 is 28.6 Å². The normalized spacial score (nSPS) is 15.1. The molecule has 1 fully saturated rings. The van der Waals surface area contributed by atoms with Crippen LogP contribution >= 0.6 is 0 Å². The number of nitriles is 1. The lowest BCUT2D eigenvalue weighted by Gasteiger charge is -2.23. The van der Waals surface area contributed by atoms with Crippen molar-refractivity contribution in [2.45, 2.75) is 44.8 Å². The molecule has 1 saturated heterocycles. The molecule has 44 heavy (non-hydrogen) atoms. The molecule has 1 amide bonds. The molecule has 6 rings (SSSR count). The lowest BCUT2D eigenvalue weighted by Crippen LogP contribution is -2.17. The molecule has 222 valence electrons. The van der Waals surface area contributed by atoms with Crippen molar-refractivity contribution in [3.05, 3.63) is 90.1 Å². The predicted octanol–water partition coefficient (Wildman–Crippen LogP) is 6.66. The first kappa shape index (κ1) is 28.8. The van der Waals surface area contributed by atoms with Crippen LogP contribution in [-0.4, -0.2) is 37.0 Å². The van der Waals surface area contributed by atoms with Crippen LogP contribution in [0.5, 0.6) is 0 Å². The number of carbonyl (C=O) groups excluding carboxylic acids is 1. The van der Waals surface area contributed by atoms with Crippen LogP contribution in [0.3, 0.4) is 0 Å². The molecule has 2 aromatic carbocycles. The summed E-state index contributed by atoms with van der Waals surface area (Å²) < 4.78 is 38.6. The maximum absolute atomic E-state index is 15.8. The van der Waals surface area contributed by atoms with Crippen LogP contribution in [0.15, 0.2) is 67.4 Å². The smallest absolute Gasteiger partial charge is 0.255 e. The summed E-state index contributed by atoms with van der Waals surface area (Å²) in [5, 5.41) is 14.7. The molecule has 1 atom stereocenters. The Morgan fingerprint density at radius 2 is 1.95 bits per heavy atom. The quantitative estimate of drug-likeness (QED) is 0.214. The van der Waals surface area contributed by atoms with E-state index in [1.54, 1.807) is 56.6 Å². The molecule has 4 heterocycles. The number of benzene rings is 2. The Morgan fingerprint density at radius 1 is 1.09 bits per heavy atom. The molecule has 10 nitrogen and oxygen atoms in total. The van der Waals surface area contributed by atoms with Gasteiger partial charge in [-0.15, -0.1) is 0 Å². The zero-order valence-electron chi connectivity index (χ0n) is 24.0. The number of amides is 1. The largest absolute Gasteiger partial charge is 0.358 e. The van der Waals surface area contributed by atoms with E-state index in [4.69, 9.17) is 4.74 Å². The van der Waals surface area contributed by atoms with Crippen molar-refractivity contribution in [2.24, 2.45) is 0 Å². The highest BCUT2D eigenvalue weighted by atomic mass is 19.1. The third-order valence-electron chi connectivity index (χ3n) is 7.60. The van der Waals surface area contributed by atoms with Crippen molar-refractivity contribution in [3.63, 3.8) is 0 Å². The monoisotopic (exact) mass is 594 g/mol. The zero-order chi connectivity index (χ0) is 30.8. The topological polar surface area (TPSA) is 131 Å². The molecular formula is C32H28F2N8O2. The van der Waals surface area contributed by atoms with E-state index in [2.05, 4.69) is 36.6 Å². The molecule has 0 spiro atoms. The highest BCUT2D eigenvalue weighted by Crippen LogP contribution is 2.35. The Balaban J connectivity index is 1.31. The SMILES string of the molecule is CC(C)(C#N)c1cccc(C(=O)Nc2ccc(F)c(Nc3ncccc3-c3ncnc4c3ncn4C3CCCCO3)c2F)c1. The van der Waals surface area contributed by atoms with Crippen molar-refractivity contribution in [1.29, 1.82) is 5.26 Å². The number of anilines is 3. The Bertz CT molecular complexity index is 1910. The average Bonchev–Trinajstić information content (AvgIpc) is 3.49. The average molecular weight is 595 g/mol. The summed E-state index contributed by atoms with van der Waals surface area (Å²) in [4.78, 5) is 30.8. The lowest BCUT2D eigenvalue weighted by molar-refractivity contribution is -0.0298. The maximum atomic E-state index is 15.8. The molecule has 1 unspecified atom stereocenters. The molecule has 2 N–H and O–H groups in total. The summed E-state index contributed by atoms with van der Waals surface area (Å²) in [6.45, 7) is 4.12. The van der Waals surface area contributed by atoms with Gasteiger partial charge in [-0.25, -0.2) is 28.7 Å². The summed E-state index contributed by atoms with van der Waals surface area (Å²) in [5.41, 5.74) is 1.21. The minimum atomic E-state index is -1.02. The number of pyridine rings is 1. The van der Waals surface area contributed by atoms with Gasteiger partial charge in [-0.3, -0.25) is 9.36 Å². The van der Waals surface area contributed by atoms with E-state index in [0.717, 1.165) is 31.4 Å². The highest BCUT2D eigenvalue weighted by molar-refractivity contribution is 6.04. The van der Waals surface area contributed by atoms with Crippen molar-refractivity contribution < 1.29 is 18.3 Å². The van der Waals surface area contributed by atoms with E-state index in [-0.39, 0.29) is 23.3 Å². The number of nitrogens with one attached hydrogen (secondary N) is 2. The lowest BCUT2D eigenvalue weighted by atomic mass is 9.85. The van der Waals surface area contributed by atoms with Crippen molar-refractivity contribution >= 4 is 34.3 Å². The van der Waals surface area contributed by atoms with Gasteiger partial charge in [0.2, 0.25) is 0 Å². The van der Waals surface area contributed by atoms with Gasteiger partial charge >= 0.3 is 0 Å². The van der Waals surface area contributed by atoms with E-state index in [1.165, 1.54) is 12.5 Å². The molecule has 3 aromatic heterocycles. The number of hydrogen-bond donors (Lipinski definition) is 2. The van der Waals surface area contributed by atoms with Gasteiger partial charge in [0.05, 0.1) is 23.5 Å². The van der Waals surface area contributed by atoms with Gasteiger partial charge in [0.15, 0.2) is 11.5 Å². The van der Waals surface area contributed by atoms with Gasteiger partial charge in [0.1, 0.15) is 41.1 Å². The fourth-order valence-corrected chi connectivity index (χ4v) is 5.09. The van der Waals surface area contributed by atoms with E-state index in [0.29, 0.717) is 34.6 Å². The van der Waals surface area contributed by atoms with Crippen LogP contribution in [0.25, 0.3) is 22.4 Å². The summed E-state index contributed by atoms with van der Waals surface area (Å²) in [6, 6.07) is 14.3. The minimum absolute atomic E-state index is 0.128. The third kappa shape index (κ3) is 5.45. The zero-order valence-corrected chi connectivity index (χ0v) is 24.0. The Morgan fingerprint density at radius 3 is 2.75 bits per heavy atom. The van der Waals surface area contributed by atoms with E-state index in [1.807, 2.05) is 4.57 Å². The number of nitrogens with zero attached hydrogens (tertiary/aromatic N) is 6. The number of halogens is 2. The molecule has 12 heteroatoms. The molecule has 5 aromatic rings. The van der Waals surface area contributed by atoms with Crippen LogP contribution in [0.1, 0.15) is 55.3 Å². The van der Waals surface area contributed by atoms with Gasteiger partial charge < -0.3 is 15.4 Å². The van der Waals surface area contributed by atoms with Gasteiger partial charge in [0, 0.05) is 23.9 Å². The number of hydrogen-bond acceptors (Lipinski definition) is 8. The molecule has 0 radical (unpaired) electrons. The van der Waals surface area contributed by atoms with E-state index in [9.17, 15) is 10.1 Å². The predicted molar refractivity (Wildman–Crippen MR) is 160 cm³/mol. The van der Waals surface area contributed by atoms with Gasteiger partial charge in [-0.05, 0) is 75.1 Å². The van der Waals surface area contributed by atoms with Gasteiger partial charge in [-0.2, -0.15) is 5.26 Å². The molecule has 1 aliphatic rings. The van der Waals surface area contributed by atoms with Crippen LogP contribution in [0, 0.1) is 23.0 Å².